The number of carbonyl (C=O) groups excluding carboxylic acids is 2. The summed E-state index contributed by atoms with van der Waals surface area (Å²) < 4.78 is 0. The molecule has 5 N–H and O–H groups in total. The van der Waals surface area contributed by atoms with Crippen molar-refractivity contribution in [3.05, 3.63) is 0 Å². The summed E-state index contributed by atoms with van der Waals surface area (Å²) in [6, 6.07) is 0. The fraction of sp³-hybridized carbons (Fsp3) is 0.700. The zero-order chi connectivity index (χ0) is 13.1. The van der Waals surface area contributed by atoms with E-state index in [2.05, 4.69) is 10.6 Å². The SMILES string of the molecule is NCCCCCC(=O)NCC(=O)NCC(=O)O. The minimum atomic E-state index is -1.12. The summed E-state index contributed by atoms with van der Waals surface area (Å²) >= 11 is 0. The molecule has 0 bridgehead atoms. The first kappa shape index (κ1) is 15.4. The van der Waals surface area contributed by atoms with Crippen LogP contribution < -0.4 is 16.4 Å². The van der Waals surface area contributed by atoms with Gasteiger partial charge in [-0.15, -0.1) is 0 Å². The molecule has 0 radical (unpaired) electrons. The molecule has 98 valence electrons. The minimum Gasteiger partial charge on any atom is -0.480 e. The molecule has 0 atom stereocenters. The second-order valence-corrected chi connectivity index (χ2v) is 3.55. The van der Waals surface area contributed by atoms with Crippen molar-refractivity contribution in [3.63, 3.8) is 0 Å². The van der Waals surface area contributed by atoms with Crippen molar-refractivity contribution in [3.8, 4) is 0 Å². The Balaban J connectivity index is 3.49. The van der Waals surface area contributed by atoms with E-state index in [1.807, 2.05) is 0 Å². The van der Waals surface area contributed by atoms with Crippen LogP contribution >= 0.6 is 0 Å². The molecule has 0 aliphatic carbocycles. The predicted molar refractivity (Wildman–Crippen MR) is 61.2 cm³/mol. The van der Waals surface area contributed by atoms with Crippen molar-refractivity contribution < 1.29 is 19.5 Å². The topological polar surface area (TPSA) is 122 Å². The Labute approximate surface area is 99.7 Å². The number of hydrogen-bond donors (Lipinski definition) is 4. The van der Waals surface area contributed by atoms with Gasteiger partial charge in [0.1, 0.15) is 6.54 Å². The van der Waals surface area contributed by atoms with E-state index in [1.54, 1.807) is 0 Å². The van der Waals surface area contributed by atoms with Crippen LogP contribution in [0, 0.1) is 0 Å². The van der Waals surface area contributed by atoms with Gasteiger partial charge in [0.05, 0.1) is 6.54 Å². The van der Waals surface area contributed by atoms with Gasteiger partial charge in [-0.05, 0) is 19.4 Å². The molecular formula is C10H19N3O4. The van der Waals surface area contributed by atoms with Crippen LogP contribution in [0.1, 0.15) is 25.7 Å². The second-order valence-electron chi connectivity index (χ2n) is 3.55. The quantitative estimate of drug-likeness (QED) is 0.381. The molecule has 0 aromatic rings. The van der Waals surface area contributed by atoms with Gasteiger partial charge in [0, 0.05) is 6.42 Å². The third kappa shape index (κ3) is 10.6. The Morgan fingerprint density at radius 1 is 0.941 bits per heavy atom. The van der Waals surface area contributed by atoms with Crippen molar-refractivity contribution >= 4 is 17.8 Å². The number of carbonyl (C=O) groups is 3. The van der Waals surface area contributed by atoms with Crippen LogP contribution in [0.25, 0.3) is 0 Å². The summed E-state index contributed by atoms with van der Waals surface area (Å²) in [6.07, 6.45) is 2.85. The first-order valence-electron chi connectivity index (χ1n) is 5.51. The Kier molecular flexibility index (Phi) is 8.67. The highest BCUT2D eigenvalue weighted by atomic mass is 16.4. The number of carboxylic acids is 1. The maximum absolute atomic E-state index is 11.2. The number of rotatable bonds is 9. The van der Waals surface area contributed by atoms with Crippen LogP contribution in [-0.4, -0.2) is 42.5 Å². The molecule has 7 heteroatoms. The molecule has 0 aromatic carbocycles. The van der Waals surface area contributed by atoms with Crippen LogP contribution in [0.5, 0.6) is 0 Å². The van der Waals surface area contributed by atoms with Gasteiger partial charge in [0.25, 0.3) is 0 Å². The highest BCUT2D eigenvalue weighted by Crippen LogP contribution is 1.97. The number of amides is 2. The Hall–Kier alpha value is -1.63. The molecule has 0 fully saturated rings. The summed E-state index contributed by atoms with van der Waals surface area (Å²) in [5.74, 6) is -1.85. The van der Waals surface area contributed by atoms with Crippen molar-refractivity contribution in [1.82, 2.24) is 10.6 Å². The molecule has 0 heterocycles. The highest BCUT2D eigenvalue weighted by molar-refractivity contribution is 5.86. The van der Waals surface area contributed by atoms with Crippen LogP contribution in [0.3, 0.4) is 0 Å². The number of nitrogens with two attached hydrogens (primary N) is 1. The highest BCUT2D eigenvalue weighted by Gasteiger charge is 2.06. The third-order valence-electron chi connectivity index (χ3n) is 1.99. The lowest BCUT2D eigenvalue weighted by Crippen LogP contribution is -2.38. The molecular weight excluding hydrogens is 226 g/mol. The summed E-state index contributed by atoms with van der Waals surface area (Å²) in [4.78, 5) is 32.4. The maximum Gasteiger partial charge on any atom is 0.322 e. The molecule has 0 aromatic heterocycles. The smallest absolute Gasteiger partial charge is 0.322 e. The summed E-state index contributed by atoms with van der Waals surface area (Å²) in [5, 5.41) is 12.8. The van der Waals surface area contributed by atoms with E-state index in [0.717, 1.165) is 19.3 Å². The zero-order valence-corrected chi connectivity index (χ0v) is 9.70. The van der Waals surface area contributed by atoms with Crippen molar-refractivity contribution in [1.29, 1.82) is 0 Å². The fourth-order valence-corrected chi connectivity index (χ4v) is 1.11. The first-order chi connectivity index (χ1) is 8.06. The molecule has 0 rings (SSSR count). The normalized spacial score (nSPS) is 9.71. The summed E-state index contributed by atoms with van der Waals surface area (Å²) in [6.45, 7) is -0.0204. The van der Waals surface area contributed by atoms with E-state index < -0.39 is 18.4 Å². The second kappa shape index (κ2) is 9.59. The average molecular weight is 245 g/mol. The van der Waals surface area contributed by atoms with Crippen LogP contribution in [-0.2, 0) is 14.4 Å². The lowest BCUT2D eigenvalue weighted by molar-refractivity contribution is -0.137. The van der Waals surface area contributed by atoms with E-state index in [4.69, 9.17) is 10.8 Å². The summed E-state index contributed by atoms with van der Waals surface area (Å²) in [7, 11) is 0. The van der Waals surface area contributed by atoms with E-state index in [9.17, 15) is 14.4 Å². The zero-order valence-electron chi connectivity index (χ0n) is 9.70. The molecule has 7 nitrogen and oxygen atoms in total. The van der Waals surface area contributed by atoms with Crippen molar-refractivity contribution in [2.45, 2.75) is 25.7 Å². The molecule has 0 aliphatic heterocycles. The third-order valence-corrected chi connectivity index (χ3v) is 1.99. The monoisotopic (exact) mass is 245 g/mol. The molecule has 0 saturated carbocycles. The number of hydrogen-bond acceptors (Lipinski definition) is 4. The van der Waals surface area contributed by atoms with Gasteiger partial charge in [-0.2, -0.15) is 0 Å². The largest absolute Gasteiger partial charge is 0.480 e. The Morgan fingerprint density at radius 3 is 2.18 bits per heavy atom. The van der Waals surface area contributed by atoms with Gasteiger partial charge in [-0.25, -0.2) is 0 Å². The number of aliphatic carboxylic acids is 1. The summed E-state index contributed by atoms with van der Waals surface area (Å²) in [5.41, 5.74) is 5.30. The van der Waals surface area contributed by atoms with Crippen molar-refractivity contribution in [2.24, 2.45) is 5.73 Å². The van der Waals surface area contributed by atoms with Crippen LogP contribution in [0.2, 0.25) is 0 Å². The number of carboxylic acid groups (broad SMARTS) is 1. The van der Waals surface area contributed by atoms with E-state index in [-0.39, 0.29) is 12.5 Å². The fourth-order valence-electron chi connectivity index (χ4n) is 1.11. The molecule has 0 aliphatic rings. The Morgan fingerprint density at radius 2 is 1.59 bits per heavy atom. The predicted octanol–water partition coefficient (Wildman–Crippen LogP) is -1.18. The van der Waals surface area contributed by atoms with E-state index in [0.29, 0.717) is 13.0 Å². The van der Waals surface area contributed by atoms with Gasteiger partial charge in [-0.3, -0.25) is 14.4 Å². The Bertz CT molecular complexity index is 268. The van der Waals surface area contributed by atoms with Gasteiger partial charge >= 0.3 is 5.97 Å². The van der Waals surface area contributed by atoms with Gasteiger partial charge in [0.2, 0.25) is 11.8 Å². The molecule has 0 spiro atoms. The minimum absolute atomic E-state index is 0.191. The van der Waals surface area contributed by atoms with E-state index in [1.165, 1.54) is 0 Å². The average Bonchev–Trinajstić information content (AvgIpc) is 2.29. The first-order valence-corrected chi connectivity index (χ1v) is 5.51. The van der Waals surface area contributed by atoms with Gasteiger partial charge < -0.3 is 21.5 Å². The van der Waals surface area contributed by atoms with Gasteiger partial charge in [-0.1, -0.05) is 6.42 Å². The number of nitrogens with one attached hydrogen (secondary N) is 2. The maximum atomic E-state index is 11.2. The molecule has 0 unspecified atom stereocenters. The number of unbranched alkanes of at least 4 members (excludes halogenated alkanes) is 2. The van der Waals surface area contributed by atoms with E-state index >= 15 is 0 Å². The van der Waals surface area contributed by atoms with Gasteiger partial charge in [0.15, 0.2) is 0 Å². The standard InChI is InChI=1S/C10H19N3O4/c11-5-3-1-2-4-8(14)12-6-9(15)13-7-10(16)17/h1-7,11H2,(H,12,14)(H,13,15)(H,16,17). The molecule has 17 heavy (non-hydrogen) atoms. The molecule has 2 amide bonds. The molecule has 0 saturated heterocycles. The lowest BCUT2D eigenvalue weighted by atomic mass is 10.2. The van der Waals surface area contributed by atoms with Crippen molar-refractivity contribution in [2.75, 3.05) is 19.6 Å². The van der Waals surface area contributed by atoms with Crippen LogP contribution in [0.4, 0.5) is 0 Å². The van der Waals surface area contributed by atoms with Crippen LogP contribution in [0.15, 0.2) is 0 Å². The lowest BCUT2D eigenvalue weighted by Gasteiger charge is -2.05.